The van der Waals surface area contributed by atoms with Crippen LogP contribution in [0.25, 0.3) is 16.0 Å². The monoisotopic (exact) mass is 518 g/mol. The second kappa shape index (κ2) is 8.57. The molecule has 0 saturated carbocycles. The van der Waals surface area contributed by atoms with Gasteiger partial charge < -0.3 is 5.11 Å². The van der Waals surface area contributed by atoms with Crippen molar-refractivity contribution in [3.8, 4) is 0 Å². The van der Waals surface area contributed by atoms with E-state index in [4.69, 9.17) is 0 Å². The van der Waals surface area contributed by atoms with Crippen molar-refractivity contribution in [1.29, 1.82) is 0 Å². The highest BCUT2D eigenvalue weighted by atomic mass is 79.9. The fraction of sp³-hybridized carbons (Fsp3) is 0.115. The molecule has 3 aromatic carbocycles. The zero-order valence-electron chi connectivity index (χ0n) is 17.7. The Morgan fingerprint density at radius 3 is 2.58 bits per heavy atom. The molecule has 0 bridgehead atoms. The number of benzene rings is 3. The number of carbonyl (C=O) groups excluding carboxylic acids is 2. The highest BCUT2D eigenvalue weighted by Crippen LogP contribution is 2.44. The molecule has 0 spiro atoms. The average molecular weight is 519 g/mol. The van der Waals surface area contributed by atoms with Crippen molar-refractivity contribution in [2.24, 2.45) is 0 Å². The molecule has 1 amide bonds. The number of ketones is 1. The van der Waals surface area contributed by atoms with Gasteiger partial charge in [-0.25, -0.2) is 4.98 Å². The summed E-state index contributed by atoms with van der Waals surface area (Å²) in [5.74, 6) is -1.63. The first-order chi connectivity index (χ1) is 16.0. The summed E-state index contributed by atoms with van der Waals surface area (Å²) in [6.45, 7) is 2.08. The number of hydrogen-bond donors (Lipinski definition) is 1. The lowest BCUT2D eigenvalue weighted by Crippen LogP contribution is -2.29. The van der Waals surface area contributed by atoms with Gasteiger partial charge in [-0.1, -0.05) is 82.7 Å². The highest BCUT2D eigenvalue weighted by molar-refractivity contribution is 9.10. The predicted octanol–water partition coefficient (Wildman–Crippen LogP) is 6.25. The number of aromatic nitrogens is 1. The van der Waals surface area contributed by atoms with Crippen molar-refractivity contribution in [2.75, 3.05) is 4.90 Å². The molecule has 2 heterocycles. The number of aliphatic hydroxyl groups excluding tert-OH is 1. The van der Waals surface area contributed by atoms with Crippen LogP contribution in [0.3, 0.4) is 0 Å². The Hall–Kier alpha value is -3.29. The van der Waals surface area contributed by atoms with Crippen molar-refractivity contribution < 1.29 is 14.7 Å². The Morgan fingerprint density at radius 2 is 1.85 bits per heavy atom. The van der Waals surface area contributed by atoms with E-state index in [0.717, 1.165) is 21.1 Å². The molecule has 1 aromatic heterocycles. The largest absolute Gasteiger partial charge is 0.507 e. The maximum Gasteiger partial charge on any atom is 0.301 e. The molecule has 4 aromatic rings. The molecular weight excluding hydrogens is 500 g/mol. The molecule has 1 atom stereocenters. The third-order valence-corrected chi connectivity index (χ3v) is 7.22. The maximum absolute atomic E-state index is 13.3. The van der Waals surface area contributed by atoms with Crippen LogP contribution in [0.1, 0.15) is 29.7 Å². The summed E-state index contributed by atoms with van der Waals surface area (Å²) in [5, 5.41) is 11.6. The number of aryl methyl sites for hydroxylation is 1. The number of thiazole rings is 1. The minimum atomic E-state index is -0.797. The number of halogens is 1. The molecule has 0 aliphatic carbocycles. The van der Waals surface area contributed by atoms with Crippen molar-refractivity contribution in [3.63, 3.8) is 0 Å². The van der Waals surface area contributed by atoms with Crippen molar-refractivity contribution in [3.05, 3.63) is 99.5 Å². The number of nitrogens with zero attached hydrogens (tertiary/aromatic N) is 2. The smallest absolute Gasteiger partial charge is 0.301 e. The van der Waals surface area contributed by atoms with E-state index < -0.39 is 17.7 Å². The summed E-state index contributed by atoms with van der Waals surface area (Å²) < 4.78 is 1.75. The molecule has 33 heavy (non-hydrogen) atoms. The summed E-state index contributed by atoms with van der Waals surface area (Å²) in [4.78, 5) is 32.6. The van der Waals surface area contributed by atoms with Crippen LogP contribution >= 0.6 is 27.3 Å². The molecule has 1 N–H and O–H groups in total. The average Bonchev–Trinajstić information content (AvgIpc) is 3.37. The topological polar surface area (TPSA) is 70.5 Å². The van der Waals surface area contributed by atoms with Gasteiger partial charge in [-0.15, -0.1) is 0 Å². The lowest BCUT2D eigenvalue weighted by atomic mass is 9.95. The van der Waals surface area contributed by atoms with Gasteiger partial charge in [-0.2, -0.15) is 0 Å². The van der Waals surface area contributed by atoms with E-state index in [9.17, 15) is 14.7 Å². The van der Waals surface area contributed by atoms with Gasteiger partial charge in [-0.3, -0.25) is 14.5 Å². The van der Waals surface area contributed by atoms with Gasteiger partial charge in [0.2, 0.25) is 0 Å². The number of amides is 1. The molecule has 0 radical (unpaired) electrons. The van der Waals surface area contributed by atoms with Crippen LogP contribution in [-0.2, 0) is 16.0 Å². The van der Waals surface area contributed by atoms with Gasteiger partial charge in [0.15, 0.2) is 5.13 Å². The predicted molar refractivity (Wildman–Crippen MR) is 134 cm³/mol. The number of aliphatic hydroxyl groups is 1. The summed E-state index contributed by atoms with van der Waals surface area (Å²) >= 11 is 4.85. The first-order valence-electron chi connectivity index (χ1n) is 10.5. The van der Waals surface area contributed by atoms with Crippen LogP contribution in [-0.4, -0.2) is 21.8 Å². The molecule has 1 saturated heterocycles. The zero-order chi connectivity index (χ0) is 23.1. The zero-order valence-corrected chi connectivity index (χ0v) is 20.1. The number of hydrogen-bond acceptors (Lipinski definition) is 5. The van der Waals surface area contributed by atoms with Gasteiger partial charge in [0, 0.05) is 10.0 Å². The van der Waals surface area contributed by atoms with E-state index in [1.54, 1.807) is 24.3 Å². The Kier molecular flexibility index (Phi) is 5.60. The number of rotatable bonds is 4. The van der Waals surface area contributed by atoms with Crippen LogP contribution in [0, 0.1) is 0 Å². The first-order valence-corrected chi connectivity index (χ1v) is 12.1. The standard InChI is InChI=1S/C26H19BrN2O3S/c1-2-15-11-12-19-20(13-15)33-26(28-19)29-22(17-9-6-10-18(27)14-17)21(24(31)25(29)32)23(30)16-7-4-3-5-8-16/h3-14,22,30H,2H2,1H3/t22-/m0/s1. The number of fused-ring (bicyclic) bond motifs is 1. The summed E-state index contributed by atoms with van der Waals surface area (Å²) in [6.07, 6.45) is 0.892. The van der Waals surface area contributed by atoms with E-state index in [2.05, 4.69) is 33.9 Å². The van der Waals surface area contributed by atoms with Gasteiger partial charge in [0.1, 0.15) is 5.76 Å². The minimum absolute atomic E-state index is 0.0535. The molecule has 164 valence electrons. The van der Waals surface area contributed by atoms with Gasteiger partial charge in [0.25, 0.3) is 5.78 Å². The Morgan fingerprint density at radius 1 is 1.06 bits per heavy atom. The third-order valence-electron chi connectivity index (χ3n) is 5.71. The van der Waals surface area contributed by atoms with E-state index in [0.29, 0.717) is 16.3 Å². The third kappa shape index (κ3) is 3.77. The van der Waals surface area contributed by atoms with E-state index in [1.165, 1.54) is 21.8 Å². The molecule has 5 nitrogen and oxygen atoms in total. The van der Waals surface area contributed by atoms with Gasteiger partial charge in [-0.05, 0) is 41.8 Å². The molecular formula is C26H19BrN2O3S. The highest BCUT2D eigenvalue weighted by Gasteiger charge is 2.48. The Bertz CT molecular complexity index is 1430. The number of Topliss-reactive ketones (excluding diaryl/α,β-unsaturated/α-hetero) is 1. The minimum Gasteiger partial charge on any atom is -0.507 e. The van der Waals surface area contributed by atoms with E-state index in [1.807, 2.05) is 42.5 Å². The molecule has 1 aliphatic rings. The van der Waals surface area contributed by atoms with Crippen LogP contribution in [0.5, 0.6) is 0 Å². The Labute approximate surface area is 203 Å². The van der Waals surface area contributed by atoms with E-state index >= 15 is 0 Å². The summed E-state index contributed by atoms with van der Waals surface area (Å²) in [6, 6.07) is 21.4. The van der Waals surface area contributed by atoms with Crippen LogP contribution in [0.15, 0.2) is 82.8 Å². The van der Waals surface area contributed by atoms with Crippen LogP contribution in [0.2, 0.25) is 0 Å². The maximum atomic E-state index is 13.3. The molecule has 1 aliphatic heterocycles. The van der Waals surface area contributed by atoms with Crippen molar-refractivity contribution in [2.45, 2.75) is 19.4 Å². The van der Waals surface area contributed by atoms with Gasteiger partial charge in [0.05, 0.1) is 21.8 Å². The molecule has 0 unspecified atom stereocenters. The quantitative estimate of drug-likeness (QED) is 0.197. The fourth-order valence-electron chi connectivity index (χ4n) is 4.05. The van der Waals surface area contributed by atoms with Crippen LogP contribution in [0.4, 0.5) is 5.13 Å². The lowest BCUT2D eigenvalue weighted by molar-refractivity contribution is -0.132. The molecule has 5 rings (SSSR count). The fourth-order valence-corrected chi connectivity index (χ4v) is 5.53. The number of anilines is 1. The molecule has 1 fully saturated rings. The molecule has 7 heteroatoms. The first kappa shape index (κ1) is 21.6. The lowest BCUT2D eigenvalue weighted by Gasteiger charge is -2.23. The summed E-state index contributed by atoms with van der Waals surface area (Å²) in [7, 11) is 0. The normalized spacial score (nSPS) is 17.8. The SMILES string of the molecule is CCc1ccc2nc(N3C(=O)C(=O)C(=C(O)c4ccccc4)[C@@H]3c3cccc(Br)c3)sc2c1. The Balaban J connectivity index is 1.73. The second-order valence-electron chi connectivity index (χ2n) is 7.74. The van der Waals surface area contributed by atoms with Crippen LogP contribution < -0.4 is 4.90 Å². The van der Waals surface area contributed by atoms with E-state index in [-0.39, 0.29) is 11.3 Å². The van der Waals surface area contributed by atoms with Crippen molar-refractivity contribution >= 4 is 60.1 Å². The van der Waals surface area contributed by atoms with Crippen molar-refractivity contribution in [1.82, 2.24) is 4.98 Å². The second-order valence-corrected chi connectivity index (χ2v) is 9.67. The van der Waals surface area contributed by atoms with Gasteiger partial charge >= 0.3 is 5.91 Å². The number of carbonyl (C=O) groups is 2. The summed E-state index contributed by atoms with van der Waals surface area (Å²) in [5.41, 5.74) is 3.18.